The summed E-state index contributed by atoms with van der Waals surface area (Å²) in [6.45, 7) is 3.93. The third-order valence-corrected chi connectivity index (χ3v) is 2.08. The summed E-state index contributed by atoms with van der Waals surface area (Å²) in [5.41, 5.74) is 5.61. The van der Waals surface area contributed by atoms with Gasteiger partial charge in [-0.15, -0.1) is 12.4 Å². The molecule has 2 rings (SSSR count). The molecular formula is C8H15ClN4O2. The van der Waals surface area contributed by atoms with Gasteiger partial charge in [0.05, 0.1) is 25.3 Å². The lowest BCUT2D eigenvalue weighted by atomic mass is 10.2. The fraction of sp³-hybridized carbons (Fsp3) is 0.750. The van der Waals surface area contributed by atoms with Crippen LogP contribution in [0.4, 0.5) is 0 Å². The van der Waals surface area contributed by atoms with Gasteiger partial charge in [-0.2, -0.15) is 4.98 Å². The number of nitrogens with two attached hydrogens (primary N) is 1. The Labute approximate surface area is 94.0 Å². The topological polar surface area (TPSA) is 86.2 Å². The van der Waals surface area contributed by atoms with Crippen LogP contribution in [0.2, 0.25) is 0 Å². The summed E-state index contributed by atoms with van der Waals surface area (Å²) in [5, 5.41) is 7.09. The van der Waals surface area contributed by atoms with Gasteiger partial charge in [0.2, 0.25) is 5.89 Å². The molecule has 2 atom stereocenters. The van der Waals surface area contributed by atoms with E-state index in [1.165, 1.54) is 0 Å². The lowest BCUT2D eigenvalue weighted by molar-refractivity contribution is 0.0734. The zero-order chi connectivity index (χ0) is 9.97. The first kappa shape index (κ1) is 12.4. The molecule has 86 valence electrons. The molecule has 0 radical (unpaired) electrons. The first-order valence-corrected chi connectivity index (χ1v) is 4.67. The van der Waals surface area contributed by atoms with Gasteiger partial charge in [-0.25, -0.2) is 0 Å². The number of nitrogens with zero attached hydrogens (tertiary/aromatic N) is 2. The fourth-order valence-electron chi connectivity index (χ4n) is 1.31. The largest absolute Gasteiger partial charge is 0.378 e. The second-order valence-corrected chi connectivity index (χ2v) is 3.36. The van der Waals surface area contributed by atoms with E-state index in [9.17, 15) is 0 Å². The van der Waals surface area contributed by atoms with Gasteiger partial charge in [0.25, 0.3) is 0 Å². The molecule has 1 aromatic rings. The molecular weight excluding hydrogens is 220 g/mol. The summed E-state index contributed by atoms with van der Waals surface area (Å²) >= 11 is 0. The third-order valence-electron chi connectivity index (χ3n) is 2.08. The van der Waals surface area contributed by atoms with Gasteiger partial charge in [-0.05, 0) is 6.92 Å². The molecule has 0 aromatic carbocycles. The second kappa shape index (κ2) is 5.41. The van der Waals surface area contributed by atoms with Crippen LogP contribution in [-0.2, 0) is 4.74 Å². The monoisotopic (exact) mass is 234 g/mol. The Balaban J connectivity index is 0.00000112. The Morgan fingerprint density at radius 3 is 2.93 bits per heavy atom. The minimum atomic E-state index is -0.222. The van der Waals surface area contributed by atoms with Crippen molar-refractivity contribution < 1.29 is 9.26 Å². The molecule has 3 N–H and O–H groups in total. The average Bonchev–Trinajstić information content (AvgIpc) is 2.68. The summed E-state index contributed by atoms with van der Waals surface area (Å²) in [6.07, 6.45) is 0. The van der Waals surface area contributed by atoms with Crippen LogP contribution in [0.1, 0.15) is 30.7 Å². The Kier molecular flexibility index (Phi) is 4.46. The van der Waals surface area contributed by atoms with Gasteiger partial charge in [-0.1, -0.05) is 5.16 Å². The zero-order valence-electron chi connectivity index (χ0n) is 8.47. The van der Waals surface area contributed by atoms with Gasteiger partial charge in [0.1, 0.15) is 0 Å². The lowest BCUT2D eigenvalue weighted by Gasteiger charge is -2.20. The van der Waals surface area contributed by atoms with E-state index in [0.29, 0.717) is 18.3 Å². The fourth-order valence-corrected chi connectivity index (χ4v) is 1.31. The first-order valence-electron chi connectivity index (χ1n) is 4.67. The van der Waals surface area contributed by atoms with Crippen molar-refractivity contribution in [1.29, 1.82) is 0 Å². The molecule has 0 bridgehead atoms. The highest BCUT2D eigenvalue weighted by Crippen LogP contribution is 2.14. The molecule has 1 aromatic heterocycles. The molecule has 0 amide bonds. The maximum atomic E-state index is 5.61. The Hall–Kier alpha value is -0.690. The van der Waals surface area contributed by atoms with Crippen LogP contribution in [0, 0.1) is 0 Å². The SMILES string of the molecule is CC(N)c1nc(C2COCCN2)no1.Cl. The molecule has 2 unspecified atom stereocenters. The predicted octanol–water partition coefficient (Wildman–Crippen LogP) is 0.172. The number of nitrogens with one attached hydrogen (secondary N) is 1. The second-order valence-electron chi connectivity index (χ2n) is 3.36. The van der Waals surface area contributed by atoms with E-state index < -0.39 is 0 Å². The van der Waals surface area contributed by atoms with Crippen molar-refractivity contribution in [2.45, 2.75) is 19.0 Å². The number of ether oxygens (including phenoxy) is 1. The van der Waals surface area contributed by atoms with E-state index in [4.69, 9.17) is 15.0 Å². The van der Waals surface area contributed by atoms with Crippen molar-refractivity contribution >= 4 is 12.4 Å². The highest BCUT2D eigenvalue weighted by molar-refractivity contribution is 5.85. The number of hydrogen-bond acceptors (Lipinski definition) is 6. The van der Waals surface area contributed by atoms with Crippen molar-refractivity contribution in [1.82, 2.24) is 15.5 Å². The van der Waals surface area contributed by atoms with Crippen LogP contribution in [-0.4, -0.2) is 29.9 Å². The number of morpholine rings is 1. The average molecular weight is 235 g/mol. The highest BCUT2D eigenvalue weighted by Gasteiger charge is 2.21. The van der Waals surface area contributed by atoms with Crippen LogP contribution in [0.5, 0.6) is 0 Å². The molecule has 0 spiro atoms. The smallest absolute Gasteiger partial charge is 0.243 e. The van der Waals surface area contributed by atoms with Crippen LogP contribution in [0.3, 0.4) is 0 Å². The molecule has 0 saturated carbocycles. The van der Waals surface area contributed by atoms with Crippen LogP contribution >= 0.6 is 12.4 Å². The van der Waals surface area contributed by atoms with Crippen molar-refractivity contribution in [3.8, 4) is 0 Å². The lowest BCUT2D eigenvalue weighted by Crippen LogP contribution is -2.35. The normalized spacial score (nSPS) is 23.2. The number of halogens is 1. The summed E-state index contributed by atoms with van der Waals surface area (Å²) in [6, 6.07) is -0.194. The van der Waals surface area contributed by atoms with E-state index in [1.807, 2.05) is 6.92 Å². The van der Waals surface area contributed by atoms with Gasteiger partial charge in [-0.3, -0.25) is 0 Å². The number of aromatic nitrogens is 2. The Morgan fingerprint density at radius 1 is 1.60 bits per heavy atom. The molecule has 1 fully saturated rings. The molecule has 1 aliphatic heterocycles. The van der Waals surface area contributed by atoms with Crippen molar-refractivity contribution in [3.63, 3.8) is 0 Å². The molecule has 0 aliphatic carbocycles. The predicted molar refractivity (Wildman–Crippen MR) is 55.7 cm³/mol. The van der Waals surface area contributed by atoms with Gasteiger partial charge < -0.3 is 20.3 Å². The van der Waals surface area contributed by atoms with E-state index in [0.717, 1.165) is 13.2 Å². The number of hydrogen-bond donors (Lipinski definition) is 2. The standard InChI is InChI=1S/C8H14N4O2.ClH/c1-5(9)8-11-7(12-14-8)6-4-13-3-2-10-6;/h5-6,10H,2-4,9H2,1H3;1H. The van der Waals surface area contributed by atoms with Gasteiger partial charge >= 0.3 is 0 Å². The van der Waals surface area contributed by atoms with Crippen LogP contribution in [0.25, 0.3) is 0 Å². The molecule has 7 heteroatoms. The number of rotatable bonds is 2. The van der Waals surface area contributed by atoms with Crippen molar-refractivity contribution in [2.75, 3.05) is 19.8 Å². The van der Waals surface area contributed by atoms with Crippen LogP contribution in [0.15, 0.2) is 4.52 Å². The first-order chi connectivity index (χ1) is 6.77. The Morgan fingerprint density at radius 2 is 2.40 bits per heavy atom. The van der Waals surface area contributed by atoms with Crippen molar-refractivity contribution in [2.24, 2.45) is 5.73 Å². The highest BCUT2D eigenvalue weighted by atomic mass is 35.5. The van der Waals surface area contributed by atoms with E-state index in [2.05, 4.69) is 15.5 Å². The third kappa shape index (κ3) is 2.88. The summed E-state index contributed by atoms with van der Waals surface area (Å²) in [4.78, 5) is 4.19. The molecule has 6 nitrogen and oxygen atoms in total. The summed E-state index contributed by atoms with van der Waals surface area (Å²) < 4.78 is 10.3. The summed E-state index contributed by atoms with van der Waals surface area (Å²) in [7, 11) is 0. The van der Waals surface area contributed by atoms with E-state index in [-0.39, 0.29) is 24.5 Å². The minimum absolute atomic E-state index is 0. The maximum absolute atomic E-state index is 5.61. The van der Waals surface area contributed by atoms with E-state index in [1.54, 1.807) is 0 Å². The minimum Gasteiger partial charge on any atom is -0.378 e. The molecule has 15 heavy (non-hydrogen) atoms. The van der Waals surface area contributed by atoms with Gasteiger partial charge in [0.15, 0.2) is 5.82 Å². The zero-order valence-corrected chi connectivity index (χ0v) is 9.29. The molecule has 1 saturated heterocycles. The summed E-state index contributed by atoms with van der Waals surface area (Å²) in [5.74, 6) is 1.09. The van der Waals surface area contributed by atoms with Crippen molar-refractivity contribution in [3.05, 3.63) is 11.7 Å². The quantitative estimate of drug-likeness (QED) is 0.759. The van der Waals surface area contributed by atoms with E-state index >= 15 is 0 Å². The van der Waals surface area contributed by atoms with Crippen LogP contribution < -0.4 is 11.1 Å². The molecule has 2 heterocycles. The maximum Gasteiger partial charge on any atom is 0.243 e. The Bertz CT molecular complexity index is 299. The molecule has 1 aliphatic rings. The van der Waals surface area contributed by atoms with Gasteiger partial charge in [0, 0.05) is 6.54 Å².